The van der Waals surface area contributed by atoms with Crippen molar-refractivity contribution in [2.24, 2.45) is 0 Å². The summed E-state index contributed by atoms with van der Waals surface area (Å²) in [5.74, 6) is -0.936. The Morgan fingerprint density at radius 3 is 2.45 bits per heavy atom. The van der Waals surface area contributed by atoms with E-state index in [-0.39, 0.29) is 30.7 Å². The third kappa shape index (κ3) is 2.93. The van der Waals surface area contributed by atoms with Crippen molar-refractivity contribution in [2.45, 2.75) is 37.9 Å². The van der Waals surface area contributed by atoms with E-state index in [9.17, 15) is 22.8 Å². The Hall–Kier alpha value is -2.05. The molecule has 4 nitrogen and oxygen atoms in total. The lowest BCUT2D eigenvalue weighted by Gasteiger charge is -2.30. The van der Waals surface area contributed by atoms with Crippen LogP contribution in [0.25, 0.3) is 0 Å². The van der Waals surface area contributed by atoms with E-state index < -0.39 is 17.6 Å². The van der Waals surface area contributed by atoms with E-state index in [1.165, 1.54) is 25.2 Å². The van der Waals surface area contributed by atoms with Crippen molar-refractivity contribution in [3.8, 4) is 0 Å². The summed E-state index contributed by atoms with van der Waals surface area (Å²) in [7, 11) is 1.17. The van der Waals surface area contributed by atoms with Gasteiger partial charge in [-0.05, 0) is 31.0 Å². The van der Waals surface area contributed by atoms with Gasteiger partial charge in [-0.15, -0.1) is 0 Å². The van der Waals surface area contributed by atoms with Gasteiger partial charge in [0.05, 0.1) is 0 Å². The highest BCUT2D eigenvalue weighted by Gasteiger charge is 2.67. The minimum absolute atomic E-state index is 0.0784. The highest BCUT2D eigenvalue weighted by molar-refractivity contribution is 5.97. The number of anilines is 1. The first kappa shape index (κ1) is 16.3. The van der Waals surface area contributed by atoms with Gasteiger partial charge in [-0.3, -0.25) is 9.59 Å². The van der Waals surface area contributed by atoms with Crippen LogP contribution in [0.4, 0.5) is 18.9 Å². The summed E-state index contributed by atoms with van der Waals surface area (Å²) in [4.78, 5) is 24.4. The average molecular weight is 314 g/mol. The van der Waals surface area contributed by atoms with Crippen molar-refractivity contribution >= 4 is 17.5 Å². The van der Waals surface area contributed by atoms with Crippen LogP contribution >= 0.6 is 0 Å². The number of nitrogens with one attached hydrogen (secondary N) is 1. The van der Waals surface area contributed by atoms with Crippen molar-refractivity contribution < 1.29 is 22.8 Å². The van der Waals surface area contributed by atoms with Crippen molar-refractivity contribution in [3.05, 3.63) is 29.8 Å². The second-order valence-electron chi connectivity index (χ2n) is 5.38. The number of amides is 2. The molecule has 0 aromatic heterocycles. The Morgan fingerprint density at radius 2 is 1.95 bits per heavy atom. The lowest BCUT2D eigenvalue weighted by Crippen LogP contribution is -2.49. The van der Waals surface area contributed by atoms with Crippen molar-refractivity contribution in [2.75, 3.05) is 12.4 Å². The molecule has 1 aromatic carbocycles. The molecule has 1 aromatic rings. The monoisotopic (exact) mass is 314 g/mol. The summed E-state index contributed by atoms with van der Waals surface area (Å²) in [5.41, 5.74) is -1.54. The van der Waals surface area contributed by atoms with Crippen LogP contribution in [0.1, 0.15) is 36.5 Å². The fraction of sp³-hybridized carbons (Fsp3) is 0.467. The Kier molecular flexibility index (Phi) is 4.17. The lowest BCUT2D eigenvalue weighted by atomic mass is 10.1. The van der Waals surface area contributed by atoms with Crippen LogP contribution in [0.15, 0.2) is 24.3 Å². The number of rotatable bonds is 4. The van der Waals surface area contributed by atoms with E-state index in [2.05, 4.69) is 5.32 Å². The highest BCUT2D eigenvalue weighted by atomic mass is 19.4. The molecule has 1 aliphatic carbocycles. The molecule has 1 fully saturated rings. The van der Waals surface area contributed by atoms with Gasteiger partial charge in [-0.25, -0.2) is 0 Å². The van der Waals surface area contributed by atoms with Gasteiger partial charge in [0.15, 0.2) is 0 Å². The predicted octanol–water partition coefficient (Wildman–Crippen LogP) is 3.20. The highest BCUT2D eigenvalue weighted by Crippen LogP contribution is 2.53. The molecule has 0 radical (unpaired) electrons. The van der Waals surface area contributed by atoms with Crippen LogP contribution in [0.5, 0.6) is 0 Å². The molecule has 0 aliphatic heterocycles. The summed E-state index contributed by atoms with van der Waals surface area (Å²) in [6.45, 7) is 1.68. The number of nitrogens with zero attached hydrogens (tertiary/aromatic N) is 1. The molecule has 22 heavy (non-hydrogen) atoms. The van der Waals surface area contributed by atoms with Gasteiger partial charge in [0, 0.05) is 24.7 Å². The first-order valence-corrected chi connectivity index (χ1v) is 6.96. The van der Waals surface area contributed by atoms with Gasteiger partial charge in [0.2, 0.25) is 5.91 Å². The summed E-state index contributed by atoms with van der Waals surface area (Å²) in [5, 5.41) is 2.58. The average Bonchev–Trinajstić information content (AvgIpc) is 3.27. The predicted molar refractivity (Wildman–Crippen MR) is 75.5 cm³/mol. The van der Waals surface area contributed by atoms with Crippen molar-refractivity contribution in [3.63, 3.8) is 0 Å². The molecule has 0 bridgehead atoms. The van der Waals surface area contributed by atoms with Gasteiger partial charge in [-0.2, -0.15) is 13.2 Å². The van der Waals surface area contributed by atoms with Crippen LogP contribution in [0.3, 0.4) is 0 Å². The fourth-order valence-corrected chi connectivity index (χ4v) is 2.29. The van der Waals surface area contributed by atoms with Crippen LogP contribution in [0, 0.1) is 0 Å². The third-order valence-electron chi connectivity index (χ3n) is 3.91. The zero-order valence-corrected chi connectivity index (χ0v) is 12.3. The van der Waals surface area contributed by atoms with E-state index in [0.717, 1.165) is 4.90 Å². The number of carbonyl (C=O) groups is 2. The smallest absolute Gasteiger partial charge is 0.327 e. The van der Waals surface area contributed by atoms with E-state index >= 15 is 0 Å². The second kappa shape index (κ2) is 5.62. The molecule has 0 atom stereocenters. The SMILES string of the molecule is CCC(=O)Nc1cccc(C(=O)N(C)C2(C(F)(F)F)CC2)c1. The zero-order valence-electron chi connectivity index (χ0n) is 12.3. The summed E-state index contributed by atoms with van der Waals surface area (Å²) in [6, 6.07) is 5.94. The molecular formula is C15H17F3N2O2. The third-order valence-corrected chi connectivity index (χ3v) is 3.91. The van der Waals surface area contributed by atoms with Crippen LogP contribution in [-0.4, -0.2) is 35.5 Å². The van der Waals surface area contributed by atoms with Crippen LogP contribution < -0.4 is 5.32 Å². The molecule has 0 heterocycles. The molecule has 2 rings (SSSR count). The maximum absolute atomic E-state index is 13.1. The minimum atomic E-state index is -4.44. The number of benzene rings is 1. The molecule has 7 heteroatoms. The number of hydrogen-bond acceptors (Lipinski definition) is 2. The normalized spacial score (nSPS) is 16.0. The Labute approximate surface area is 126 Å². The lowest BCUT2D eigenvalue weighted by molar-refractivity contribution is -0.185. The standard InChI is InChI=1S/C15H17F3N2O2/c1-3-12(21)19-11-6-4-5-10(9-11)13(22)20(2)14(7-8-14)15(16,17)18/h4-6,9H,3,7-8H2,1-2H3,(H,19,21). The van der Waals surface area contributed by atoms with E-state index in [1.54, 1.807) is 13.0 Å². The molecule has 1 N–H and O–H groups in total. The van der Waals surface area contributed by atoms with Crippen molar-refractivity contribution in [1.29, 1.82) is 0 Å². The molecule has 2 amide bonds. The molecule has 0 unspecified atom stereocenters. The molecule has 0 spiro atoms. The van der Waals surface area contributed by atoms with Gasteiger partial charge in [-0.1, -0.05) is 13.0 Å². The maximum atomic E-state index is 13.1. The van der Waals surface area contributed by atoms with E-state index in [1.807, 2.05) is 0 Å². The first-order chi connectivity index (χ1) is 10.2. The summed E-state index contributed by atoms with van der Waals surface area (Å²) >= 11 is 0. The van der Waals surface area contributed by atoms with Gasteiger partial charge >= 0.3 is 6.18 Å². The zero-order chi connectivity index (χ0) is 16.5. The summed E-state index contributed by atoms with van der Waals surface area (Å²) in [6.07, 6.45) is -4.32. The topological polar surface area (TPSA) is 49.4 Å². The minimum Gasteiger partial charge on any atom is -0.327 e. The first-order valence-electron chi connectivity index (χ1n) is 6.96. The number of halogens is 3. The molecular weight excluding hydrogens is 297 g/mol. The molecule has 1 saturated carbocycles. The molecule has 0 saturated heterocycles. The summed E-state index contributed by atoms with van der Waals surface area (Å²) < 4.78 is 39.2. The fourth-order valence-electron chi connectivity index (χ4n) is 2.29. The molecule has 1 aliphatic rings. The Bertz CT molecular complexity index is 595. The van der Waals surface area contributed by atoms with Gasteiger partial charge in [0.1, 0.15) is 5.54 Å². The number of hydrogen-bond donors (Lipinski definition) is 1. The largest absolute Gasteiger partial charge is 0.411 e. The Balaban J connectivity index is 2.20. The van der Waals surface area contributed by atoms with Gasteiger partial charge < -0.3 is 10.2 Å². The number of carbonyl (C=O) groups excluding carboxylic acids is 2. The van der Waals surface area contributed by atoms with Crippen LogP contribution in [-0.2, 0) is 4.79 Å². The maximum Gasteiger partial charge on any atom is 0.411 e. The Morgan fingerprint density at radius 1 is 1.32 bits per heavy atom. The van der Waals surface area contributed by atoms with E-state index in [4.69, 9.17) is 0 Å². The van der Waals surface area contributed by atoms with Crippen molar-refractivity contribution in [1.82, 2.24) is 4.90 Å². The second-order valence-corrected chi connectivity index (χ2v) is 5.38. The van der Waals surface area contributed by atoms with Gasteiger partial charge in [0.25, 0.3) is 5.91 Å². The van der Waals surface area contributed by atoms with Crippen LogP contribution in [0.2, 0.25) is 0 Å². The number of alkyl halides is 3. The van der Waals surface area contributed by atoms with E-state index in [0.29, 0.717) is 5.69 Å². The quantitative estimate of drug-likeness (QED) is 0.928. The molecule has 120 valence electrons.